The summed E-state index contributed by atoms with van der Waals surface area (Å²) in [7, 11) is 0. The number of nitrogens with one attached hydrogen (secondary N) is 1. The largest absolute Gasteiger partial charge is 0.351 e. The van der Waals surface area contributed by atoms with Gasteiger partial charge in [0.2, 0.25) is 5.91 Å². The number of benzene rings is 1. The molecule has 1 aliphatic carbocycles. The van der Waals surface area contributed by atoms with Crippen molar-refractivity contribution in [2.24, 2.45) is 0 Å². The van der Waals surface area contributed by atoms with E-state index in [1.807, 2.05) is 30.5 Å². The maximum Gasteiger partial charge on any atom is 0.251 e. The SMILES string of the molecule is CC(C)(C)c1ccc(N(C(=O)[C@H]2C[C@@H](F)CN2C#N)[C@@H](C(=O)NC2CCCCC2)c2cccnc2)cc1. The van der Waals surface area contributed by atoms with Crippen molar-refractivity contribution in [1.82, 2.24) is 15.2 Å². The van der Waals surface area contributed by atoms with Gasteiger partial charge in [0.1, 0.15) is 18.3 Å². The summed E-state index contributed by atoms with van der Waals surface area (Å²) in [5, 5.41) is 12.8. The van der Waals surface area contributed by atoms with E-state index in [0.717, 1.165) is 37.7 Å². The quantitative estimate of drug-likeness (QED) is 0.570. The lowest BCUT2D eigenvalue weighted by molar-refractivity contribution is -0.128. The van der Waals surface area contributed by atoms with Gasteiger partial charge < -0.3 is 5.32 Å². The first-order valence-corrected chi connectivity index (χ1v) is 13.1. The van der Waals surface area contributed by atoms with Crippen LogP contribution in [0.4, 0.5) is 10.1 Å². The molecule has 4 rings (SSSR count). The summed E-state index contributed by atoms with van der Waals surface area (Å²) in [6.07, 6.45) is 8.85. The van der Waals surface area contributed by atoms with Crippen LogP contribution >= 0.6 is 0 Å². The van der Waals surface area contributed by atoms with E-state index in [9.17, 15) is 19.2 Å². The molecule has 1 aromatic heterocycles. The number of likely N-dealkylation sites (tertiary alicyclic amines) is 1. The minimum absolute atomic E-state index is 0.0398. The molecule has 7 nitrogen and oxygen atoms in total. The predicted molar refractivity (Wildman–Crippen MR) is 140 cm³/mol. The molecule has 0 spiro atoms. The molecule has 2 aliphatic rings. The Morgan fingerprint density at radius 1 is 1.16 bits per heavy atom. The molecule has 2 amide bonds. The molecule has 3 atom stereocenters. The molecule has 2 aromatic rings. The second kappa shape index (κ2) is 11.3. The molecule has 196 valence electrons. The van der Waals surface area contributed by atoms with Gasteiger partial charge in [0.15, 0.2) is 6.19 Å². The van der Waals surface area contributed by atoms with Crippen LogP contribution in [0.5, 0.6) is 0 Å². The zero-order valence-corrected chi connectivity index (χ0v) is 21.9. The van der Waals surface area contributed by atoms with Gasteiger partial charge in [0.25, 0.3) is 5.91 Å². The molecular formula is C29H36FN5O2. The van der Waals surface area contributed by atoms with Crippen LogP contribution in [0.15, 0.2) is 48.8 Å². The van der Waals surface area contributed by atoms with E-state index in [4.69, 9.17) is 0 Å². The van der Waals surface area contributed by atoms with Gasteiger partial charge in [0, 0.05) is 36.1 Å². The second-order valence-electron chi connectivity index (χ2n) is 11.1. The molecular weight excluding hydrogens is 469 g/mol. The molecule has 0 radical (unpaired) electrons. The third kappa shape index (κ3) is 6.10. The molecule has 8 heteroatoms. The van der Waals surface area contributed by atoms with Crippen LogP contribution in [0.25, 0.3) is 0 Å². The highest BCUT2D eigenvalue weighted by atomic mass is 19.1. The van der Waals surface area contributed by atoms with E-state index < -0.39 is 24.2 Å². The number of carbonyl (C=O) groups is 2. The van der Waals surface area contributed by atoms with E-state index in [1.165, 1.54) is 9.80 Å². The van der Waals surface area contributed by atoms with E-state index in [0.29, 0.717) is 11.3 Å². The van der Waals surface area contributed by atoms with Gasteiger partial charge in [-0.25, -0.2) is 4.39 Å². The zero-order chi connectivity index (χ0) is 26.6. The highest BCUT2D eigenvalue weighted by Gasteiger charge is 2.43. The summed E-state index contributed by atoms with van der Waals surface area (Å²) in [5.74, 6) is -0.774. The fourth-order valence-electron chi connectivity index (χ4n) is 5.30. The summed E-state index contributed by atoms with van der Waals surface area (Å²) in [6.45, 7) is 6.18. The fourth-order valence-corrected chi connectivity index (χ4v) is 5.30. The number of anilines is 1. The first kappa shape index (κ1) is 26.6. The first-order valence-electron chi connectivity index (χ1n) is 13.1. The van der Waals surface area contributed by atoms with Gasteiger partial charge in [-0.1, -0.05) is 58.2 Å². The van der Waals surface area contributed by atoms with Gasteiger partial charge in [-0.3, -0.25) is 24.4 Å². The Morgan fingerprint density at radius 3 is 2.46 bits per heavy atom. The molecule has 1 N–H and O–H groups in total. The number of hydrogen-bond acceptors (Lipinski definition) is 5. The smallest absolute Gasteiger partial charge is 0.251 e. The fraction of sp³-hybridized carbons (Fsp3) is 0.517. The monoisotopic (exact) mass is 505 g/mol. The lowest BCUT2D eigenvalue weighted by atomic mass is 9.87. The van der Waals surface area contributed by atoms with Crippen molar-refractivity contribution in [2.75, 3.05) is 11.4 Å². The van der Waals surface area contributed by atoms with Gasteiger partial charge in [-0.2, -0.15) is 5.26 Å². The van der Waals surface area contributed by atoms with E-state index >= 15 is 0 Å². The number of pyridine rings is 1. The normalized spacial score (nSPS) is 21.2. The number of hydrogen-bond donors (Lipinski definition) is 1. The Balaban J connectivity index is 1.78. The van der Waals surface area contributed by atoms with Gasteiger partial charge in [0.05, 0.1) is 6.54 Å². The summed E-state index contributed by atoms with van der Waals surface area (Å²) >= 11 is 0. The van der Waals surface area contributed by atoms with Crippen molar-refractivity contribution in [3.63, 3.8) is 0 Å². The number of alkyl halides is 1. The Labute approximate surface area is 218 Å². The first-order chi connectivity index (χ1) is 17.7. The molecule has 1 aliphatic heterocycles. The number of halogens is 1. The highest BCUT2D eigenvalue weighted by Crippen LogP contribution is 2.34. The Morgan fingerprint density at radius 2 is 1.86 bits per heavy atom. The third-order valence-electron chi connectivity index (χ3n) is 7.37. The van der Waals surface area contributed by atoms with Crippen LogP contribution in [0.3, 0.4) is 0 Å². The molecule has 1 saturated carbocycles. The summed E-state index contributed by atoms with van der Waals surface area (Å²) in [6, 6.07) is 9.10. The number of rotatable bonds is 6. The lowest BCUT2D eigenvalue weighted by Crippen LogP contribution is -2.51. The van der Waals surface area contributed by atoms with Crippen molar-refractivity contribution in [1.29, 1.82) is 5.26 Å². The van der Waals surface area contributed by atoms with Crippen molar-refractivity contribution in [3.8, 4) is 6.19 Å². The number of aromatic nitrogens is 1. The third-order valence-corrected chi connectivity index (χ3v) is 7.37. The van der Waals surface area contributed by atoms with Crippen LogP contribution in [0.2, 0.25) is 0 Å². The average Bonchev–Trinajstić information content (AvgIpc) is 3.28. The molecule has 1 aromatic carbocycles. The Bertz CT molecular complexity index is 1120. The van der Waals surface area contributed by atoms with E-state index in [2.05, 4.69) is 31.1 Å². The van der Waals surface area contributed by atoms with Crippen molar-refractivity contribution < 1.29 is 14.0 Å². The van der Waals surface area contributed by atoms with Crippen LogP contribution in [-0.2, 0) is 15.0 Å². The molecule has 2 heterocycles. The number of nitriles is 1. The minimum Gasteiger partial charge on any atom is -0.351 e. The highest BCUT2D eigenvalue weighted by molar-refractivity contribution is 6.04. The van der Waals surface area contributed by atoms with Crippen molar-refractivity contribution in [2.45, 2.75) is 89.0 Å². The topological polar surface area (TPSA) is 89.3 Å². The van der Waals surface area contributed by atoms with Gasteiger partial charge >= 0.3 is 0 Å². The molecule has 0 unspecified atom stereocenters. The van der Waals surface area contributed by atoms with Crippen LogP contribution in [-0.4, -0.2) is 46.5 Å². The minimum atomic E-state index is -1.29. The van der Waals surface area contributed by atoms with Crippen LogP contribution < -0.4 is 10.2 Å². The summed E-state index contributed by atoms with van der Waals surface area (Å²) in [4.78, 5) is 34.9. The maximum absolute atomic E-state index is 14.4. The Hall–Kier alpha value is -3.47. The zero-order valence-electron chi connectivity index (χ0n) is 21.9. The van der Waals surface area contributed by atoms with E-state index in [-0.39, 0.29) is 30.3 Å². The Kier molecular flexibility index (Phi) is 8.11. The standard InChI is InChI=1S/C29H36FN5O2/c1-29(2,3)21-11-13-24(14-12-21)35(28(37)25-16-22(30)18-34(25)19-31)26(20-8-7-15-32-17-20)27(36)33-23-9-5-4-6-10-23/h7-8,11-15,17,22-23,25-26H,4-6,9-10,16,18H2,1-3H3,(H,33,36)/t22-,25-,26-/m1/s1. The predicted octanol–water partition coefficient (Wildman–Crippen LogP) is 4.80. The van der Waals surface area contributed by atoms with Crippen LogP contribution in [0.1, 0.15) is 76.5 Å². The molecule has 2 fully saturated rings. The van der Waals surface area contributed by atoms with Crippen molar-refractivity contribution >= 4 is 17.5 Å². The van der Waals surface area contributed by atoms with Crippen molar-refractivity contribution in [3.05, 3.63) is 59.9 Å². The number of carbonyl (C=O) groups excluding carboxylic acids is 2. The maximum atomic E-state index is 14.4. The summed E-state index contributed by atoms with van der Waals surface area (Å²) < 4.78 is 14.4. The molecule has 1 saturated heterocycles. The average molecular weight is 506 g/mol. The van der Waals surface area contributed by atoms with Gasteiger partial charge in [-0.15, -0.1) is 0 Å². The number of nitrogens with zero attached hydrogens (tertiary/aromatic N) is 4. The lowest BCUT2D eigenvalue weighted by Gasteiger charge is -2.35. The number of amides is 2. The molecule has 0 bridgehead atoms. The second-order valence-corrected chi connectivity index (χ2v) is 11.1. The van der Waals surface area contributed by atoms with E-state index in [1.54, 1.807) is 24.5 Å². The van der Waals surface area contributed by atoms with Gasteiger partial charge in [-0.05, 0) is 42.0 Å². The summed E-state index contributed by atoms with van der Waals surface area (Å²) in [5.41, 5.74) is 2.06. The molecule has 37 heavy (non-hydrogen) atoms. The van der Waals surface area contributed by atoms with Crippen LogP contribution in [0, 0.1) is 11.5 Å².